The highest BCUT2D eigenvalue weighted by atomic mass is 35.5. The molecule has 0 bridgehead atoms. The molecule has 1 aromatic carbocycles. The van der Waals surface area contributed by atoms with E-state index in [9.17, 15) is 14.9 Å². The maximum absolute atomic E-state index is 11.8. The number of hydrogen-bond acceptors (Lipinski definition) is 7. The Morgan fingerprint density at radius 3 is 2.85 bits per heavy atom. The number of esters is 1. The highest BCUT2D eigenvalue weighted by Gasteiger charge is 2.32. The van der Waals surface area contributed by atoms with Crippen molar-refractivity contribution >= 4 is 40.3 Å². The van der Waals surface area contributed by atoms with Crippen molar-refractivity contribution in [2.45, 2.75) is 19.1 Å². The molecule has 9 heteroatoms. The number of nitro benzene ring substituents is 1. The third-order valence-corrected chi connectivity index (χ3v) is 5.20. The van der Waals surface area contributed by atoms with E-state index in [0.29, 0.717) is 18.8 Å². The first kappa shape index (κ1) is 18.6. The van der Waals surface area contributed by atoms with Crippen LogP contribution in [0.25, 0.3) is 0 Å². The van der Waals surface area contributed by atoms with Crippen LogP contribution in [0.4, 0.5) is 11.4 Å². The molecule has 0 spiro atoms. The summed E-state index contributed by atoms with van der Waals surface area (Å²) in [5.41, 5.74) is 1.18. The molecule has 138 valence electrons. The minimum atomic E-state index is -0.712. The average molecular weight is 397 g/mol. The van der Waals surface area contributed by atoms with Gasteiger partial charge in [-0.1, -0.05) is 11.6 Å². The lowest BCUT2D eigenvalue weighted by Crippen LogP contribution is -2.43. The van der Waals surface area contributed by atoms with Gasteiger partial charge >= 0.3 is 5.97 Å². The zero-order chi connectivity index (χ0) is 18.8. The van der Waals surface area contributed by atoms with Gasteiger partial charge in [-0.2, -0.15) is 11.3 Å². The molecule has 2 atom stereocenters. The van der Waals surface area contributed by atoms with E-state index in [4.69, 9.17) is 16.3 Å². The van der Waals surface area contributed by atoms with E-state index in [-0.39, 0.29) is 28.5 Å². The Morgan fingerprint density at radius 2 is 2.23 bits per heavy atom. The summed E-state index contributed by atoms with van der Waals surface area (Å²) in [5.74, 6) is -0.712. The first-order valence-corrected chi connectivity index (χ1v) is 9.21. The van der Waals surface area contributed by atoms with Crippen LogP contribution in [0, 0.1) is 10.1 Å². The molecule has 0 saturated carbocycles. The summed E-state index contributed by atoms with van der Waals surface area (Å²) in [6, 6.07) is 4.60. The van der Waals surface area contributed by atoms with Crippen LogP contribution in [-0.4, -0.2) is 37.2 Å². The number of benzene rings is 1. The van der Waals surface area contributed by atoms with Crippen LogP contribution in [-0.2, 0) is 9.47 Å². The molecular formula is C17H17ClN2O5S. The number of methoxy groups -OCH3 is 1. The van der Waals surface area contributed by atoms with Crippen molar-refractivity contribution in [1.82, 2.24) is 0 Å². The summed E-state index contributed by atoms with van der Waals surface area (Å²) in [4.78, 5) is 24.7. The average Bonchev–Trinajstić information content (AvgIpc) is 3.14. The van der Waals surface area contributed by atoms with E-state index < -0.39 is 10.9 Å². The van der Waals surface area contributed by atoms with Gasteiger partial charge in [-0.3, -0.25) is 10.1 Å². The predicted octanol–water partition coefficient (Wildman–Crippen LogP) is 4.06. The van der Waals surface area contributed by atoms with Crippen molar-refractivity contribution in [3.8, 4) is 0 Å². The van der Waals surface area contributed by atoms with Crippen LogP contribution in [0.1, 0.15) is 28.9 Å². The zero-order valence-corrected chi connectivity index (χ0v) is 15.7. The fourth-order valence-electron chi connectivity index (χ4n) is 3.01. The lowest BCUT2D eigenvalue weighted by atomic mass is 10.1. The standard InChI is InChI=1S/C17H17ClN2O5S/c1-10-7-19(8-16(25-10)11-3-4-26-9-11)14-6-13(18)12(17(21)24-2)5-15(14)20(22)23/h3-6,9-10,16H,7-8H2,1-2H3. The van der Waals surface area contributed by atoms with E-state index in [0.717, 1.165) is 5.56 Å². The largest absolute Gasteiger partial charge is 0.465 e. The molecule has 1 fully saturated rings. The molecule has 2 aromatic rings. The van der Waals surface area contributed by atoms with Crippen LogP contribution < -0.4 is 4.90 Å². The Balaban J connectivity index is 2.00. The second kappa shape index (κ2) is 7.61. The van der Waals surface area contributed by atoms with Gasteiger partial charge in [0.2, 0.25) is 0 Å². The molecule has 26 heavy (non-hydrogen) atoms. The minimum absolute atomic E-state index is 0.0275. The number of thiophene rings is 1. The highest BCUT2D eigenvalue weighted by Crippen LogP contribution is 2.38. The second-order valence-corrected chi connectivity index (χ2v) is 7.15. The van der Waals surface area contributed by atoms with Crippen molar-refractivity contribution in [3.63, 3.8) is 0 Å². The van der Waals surface area contributed by atoms with E-state index in [1.807, 2.05) is 28.7 Å². The van der Waals surface area contributed by atoms with Crippen molar-refractivity contribution in [2.24, 2.45) is 0 Å². The van der Waals surface area contributed by atoms with Gasteiger partial charge < -0.3 is 14.4 Å². The van der Waals surface area contributed by atoms with Crippen molar-refractivity contribution in [1.29, 1.82) is 0 Å². The Kier molecular flexibility index (Phi) is 5.45. The third-order valence-electron chi connectivity index (χ3n) is 4.18. The van der Waals surface area contributed by atoms with Gasteiger partial charge in [0.25, 0.3) is 5.69 Å². The van der Waals surface area contributed by atoms with Crippen molar-refractivity contribution in [3.05, 3.63) is 55.2 Å². The number of ether oxygens (including phenoxy) is 2. The number of hydrogen-bond donors (Lipinski definition) is 0. The quantitative estimate of drug-likeness (QED) is 0.440. The number of carbonyl (C=O) groups is 1. The zero-order valence-electron chi connectivity index (χ0n) is 14.2. The fraction of sp³-hybridized carbons (Fsp3) is 0.353. The molecule has 0 N–H and O–H groups in total. The number of halogens is 1. The van der Waals surface area contributed by atoms with E-state index >= 15 is 0 Å². The summed E-state index contributed by atoms with van der Waals surface area (Å²) < 4.78 is 10.6. The van der Waals surface area contributed by atoms with Crippen molar-refractivity contribution < 1.29 is 19.2 Å². The fourth-order valence-corrected chi connectivity index (χ4v) is 3.94. The van der Waals surface area contributed by atoms with Gasteiger partial charge in [0.15, 0.2) is 0 Å². The normalized spacial score (nSPS) is 20.0. The van der Waals surface area contributed by atoms with Gasteiger partial charge in [-0.05, 0) is 35.4 Å². The predicted molar refractivity (Wildman–Crippen MR) is 99.3 cm³/mol. The van der Waals surface area contributed by atoms with E-state index in [1.54, 1.807) is 11.3 Å². The SMILES string of the molecule is COC(=O)c1cc([N+](=O)[O-])c(N2CC(C)OC(c3ccsc3)C2)cc1Cl. The smallest absolute Gasteiger partial charge is 0.339 e. The third kappa shape index (κ3) is 3.67. The van der Waals surface area contributed by atoms with Crippen molar-refractivity contribution in [2.75, 3.05) is 25.1 Å². The molecule has 2 heterocycles. The molecule has 1 aliphatic heterocycles. The summed E-state index contributed by atoms with van der Waals surface area (Å²) in [7, 11) is 1.20. The topological polar surface area (TPSA) is 81.9 Å². The number of morpholine rings is 1. The molecule has 3 rings (SSSR count). The van der Waals surface area contributed by atoms with Crippen LogP contribution in [0.3, 0.4) is 0 Å². The van der Waals surface area contributed by atoms with Gasteiger partial charge in [0.1, 0.15) is 11.8 Å². The minimum Gasteiger partial charge on any atom is -0.465 e. The van der Waals surface area contributed by atoms with Gasteiger partial charge in [-0.25, -0.2) is 4.79 Å². The number of nitro groups is 1. The van der Waals surface area contributed by atoms with Crippen LogP contribution >= 0.6 is 22.9 Å². The Bertz CT molecular complexity index is 827. The molecular weight excluding hydrogens is 380 g/mol. The maximum atomic E-state index is 11.8. The maximum Gasteiger partial charge on any atom is 0.339 e. The molecule has 2 unspecified atom stereocenters. The summed E-state index contributed by atoms with van der Waals surface area (Å²) >= 11 is 7.76. The van der Waals surface area contributed by atoms with Crippen LogP contribution in [0.5, 0.6) is 0 Å². The molecule has 0 aliphatic carbocycles. The summed E-state index contributed by atoms with van der Waals surface area (Å²) in [6.07, 6.45) is -0.309. The van der Waals surface area contributed by atoms with Gasteiger partial charge in [-0.15, -0.1) is 0 Å². The number of nitrogens with zero attached hydrogens (tertiary/aromatic N) is 2. The Morgan fingerprint density at radius 1 is 1.46 bits per heavy atom. The van der Waals surface area contributed by atoms with E-state index in [2.05, 4.69) is 4.74 Å². The second-order valence-electron chi connectivity index (χ2n) is 5.97. The monoisotopic (exact) mass is 396 g/mol. The molecule has 0 radical (unpaired) electrons. The summed E-state index contributed by atoms with van der Waals surface area (Å²) in [6.45, 7) is 2.85. The number of anilines is 1. The first-order chi connectivity index (χ1) is 12.4. The molecule has 1 saturated heterocycles. The van der Waals surface area contributed by atoms with Gasteiger partial charge in [0.05, 0.1) is 28.7 Å². The summed E-state index contributed by atoms with van der Waals surface area (Å²) in [5, 5.41) is 15.7. The van der Waals surface area contributed by atoms with Crippen LogP contribution in [0.15, 0.2) is 29.0 Å². The number of rotatable bonds is 4. The lowest BCUT2D eigenvalue weighted by molar-refractivity contribution is -0.384. The van der Waals surface area contributed by atoms with E-state index in [1.165, 1.54) is 19.2 Å². The number of carbonyl (C=O) groups excluding carboxylic acids is 1. The Labute approximate surface area is 159 Å². The van der Waals surface area contributed by atoms with Crippen LogP contribution in [0.2, 0.25) is 5.02 Å². The molecule has 1 aromatic heterocycles. The lowest BCUT2D eigenvalue weighted by Gasteiger charge is -2.37. The molecule has 7 nitrogen and oxygen atoms in total. The molecule has 1 aliphatic rings. The Hall–Kier alpha value is -2.16. The highest BCUT2D eigenvalue weighted by molar-refractivity contribution is 7.07. The first-order valence-electron chi connectivity index (χ1n) is 7.89. The van der Waals surface area contributed by atoms with Gasteiger partial charge in [0, 0.05) is 19.2 Å². The molecule has 0 amide bonds.